The van der Waals surface area contributed by atoms with Crippen molar-refractivity contribution in [2.24, 2.45) is 5.92 Å². The van der Waals surface area contributed by atoms with Crippen LogP contribution in [-0.4, -0.2) is 0 Å². The molecule has 0 N–H and O–H groups in total. The topological polar surface area (TPSA) is 0 Å². The van der Waals surface area contributed by atoms with Crippen LogP contribution in [0.15, 0.2) is 18.2 Å². The minimum Gasteiger partial charge on any atom is -0.205 e. The first-order valence-corrected chi connectivity index (χ1v) is 5.10. The van der Waals surface area contributed by atoms with Crippen LogP contribution in [0.25, 0.3) is 0 Å². The van der Waals surface area contributed by atoms with E-state index in [-0.39, 0.29) is 5.56 Å². The highest BCUT2D eigenvalue weighted by Gasteiger charge is 2.21. The molecule has 76 valence electrons. The second-order valence-corrected chi connectivity index (χ2v) is 4.01. The summed E-state index contributed by atoms with van der Waals surface area (Å²) in [5.41, 5.74) is 2.57. The zero-order valence-corrected chi connectivity index (χ0v) is 8.26. The smallest absolute Gasteiger partial charge is 0.205 e. The van der Waals surface area contributed by atoms with Crippen LogP contribution in [0.1, 0.15) is 36.5 Å². The van der Waals surface area contributed by atoms with Crippen LogP contribution < -0.4 is 0 Å². The fourth-order valence-electron chi connectivity index (χ4n) is 2.15. The third-order valence-corrected chi connectivity index (χ3v) is 3.08. The summed E-state index contributed by atoms with van der Waals surface area (Å²) in [6, 6.07) is 5.10. The molecule has 0 aliphatic heterocycles. The summed E-state index contributed by atoms with van der Waals surface area (Å²) in [6.07, 6.45) is 0.849. The molecule has 0 aromatic heterocycles. The van der Waals surface area contributed by atoms with E-state index < -0.39 is 6.43 Å². The molecule has 0 heterocycles. The van der Waals surface area contributed by atoms with Crippen molar-refractivity contribution < 1.29 is 8.78 Å². The summed E-state index contributed by atoms with van der Waals surface area (Å²) >= 11 is 0. The van der Waals surface area contributed by atoms with Gasteiger partial charge in [-0.3, -0.25) is 0 Å². The molecule has 0 saturated heterocycles. The molecule has 1 aliphatic carbocycles. The van der Waals surface area contributed by atoms with Gasteiger partial charge in [-0.05, 0) is 36.0 Å². The second-order valence-electron chi connectivity index (χ2n) is 4.01. The average molecular weight is 196 g/mol. The first-order chi connectivity index (χ1) is 6.70. The van der Waals surface area contributed by atoms with E-state index in [1.165, 1.54) is 5.56 Å². The molecule has 2 heteroatoms. The van der Waals surface area contributed by atoms with Gasteiger partial charge in [0, 0.05) is 5.56 Å². The second kappa shape index (κ2) is 3.68. The van der Waals surface area contributed by atoms with Gasteiger partial charge in [0.25, 0.3) is 6.43 Å². The monoisotopic (exact) mass is 196 g/mol. The first kappa shape index (κ1) is 9.63. The summed E-state index contributed by atoms with van der Waals surface area (Å²) in [4.78, 5) is 0. The highest BCUT2D eigenvalue weighted by molar-refractivity contribution is 5.36. The van der Waals surface area contributed by atoms with Crippen LogP contribution in [-0.2, 0) is 12.8 Å². The molecule has 1 aromatic rings. The molecule has 0 nitrogen and oxygen atoms in total. The standard InChI is InChI=1S/C12H14F2/c1-2-8-5-9-3-4-10(12(13)14)7-11(9)6-8/h3-4,7-8,12H,2,5-6H2,1H3. The molecular formula is C12H14F2. The van der Waals surface area contributed by atoms with Gasteiger partial charge in [-0.25, -0.2) is 8.78 Å². The molecule has 1 aliphatic rings. The molecule has 1 aromatic carbocycles. The highest BCUT2D eigenvalue weighted by atomic mass is 19.3. The van der Waals surface area contributed by atoms with Crippen LogP contribution in [0.3, 0.4) is 0 Å². The van der Waals surface area contributed by atoms with Crippen molar-refractivity contribution in [3.63, 3.8) is 0 Å². The molecule has 0 bridgehead atoms. The maximum atomic E-state index is 12.4. The Morgan fingerprint density at radius 2 is 2.00 bits per heavy atom. The lowest BCUT2D eigenvalue weighted by Gasteiger charge is -2.02. The Morgan fingerprint density at radius 3 is 2.64 bits per heavy atom. The van der Waals surface area contributed by atoms with Crippen molar-refractivity contribution >= 4 is 0 Å². The highest BCUT2D eigenvalue weighted by Crippen LogP contribution is 2.31. The minimum absolute atomic E-state index is 0.167. The molecule has 1 unspecified atom stereocenters. The average Bonchev–Trinajstić information content (AvgIpc) is 2.58. The summed E-state index contributed by atoms with van der Waals surface area (Å²) in [5.74, 6) is 0.665. The van der Waals surface area contributed by atoms with Crippen LogP contribution in [0.4, 0.5) is 8.78 Å². The Balaban J connectivity index is 2.26. The van der Waals surface area contributed by atoms with Gasteiger partial charge in [0.1, 0.15) is 0 Å². The number of hydrogen-bond donors (Lipinski definition) is 0. The van der Waals surface area contributed by atoms with Crippen molar-refractivity contribution in [2.45, 2.75) is 32.6 Å². The summed E-state index contributed by atoms with van der Waals surface area (Å²) in [5, 5.41) is 0. The zero-order valence-electron chi connectivity index (χ0n) is 8.26. The van der Waals surface area contributed by atoms with Crippen LogP contribution in [0.2, 0.25) is 0 Å². The van der Waals surface area contributed by atoms with Gasteiger partial charge >= 0.3 is 0 Å². The summed E-state index contributed by atoms with van der Waals surface area (Å²) in [7, 11) is 0. The van der Waals surface area contributed by atoms with E-state index in [1.54, 1.807) is 12.1 Å². The van der Waals surface area contributed by atoms with E-state index >= 15 is 0 Å². The summed E-state index contributed by atoms with van der Waals surface area (Å²) in [6.45, 7) is 2.16. The van der Waals surface area contributed by atoms with Crippen molar-refractivity contribution in [1.82, 2.24) is 0 Å². The number of halogens is 2. The summed E-state index contributed by atoms with van der Waals surface area (Å²) < 4.78 is 24.8. The fraction of sp³-hybridized carbons (Fsp3) is 0.500. The molecule has 0 saturated carbocycles. The van der Waals surface area contributed by atoms with E-state index in [0.29, 0.717) is 5.92 Å². The van der Waals surface area contributed by atoms with E-state index in [0.717, 1.165) is 24.8 Å². The largest absolute Gasteiger partial charge is 0.263 e. The van der Waals surface area contributed by atoms with Crippen molar-refractivity contribution in [2.75, 3.05) is 0 Å². The Kier molecular flexibility index (Phi) is 2.53. The normalized spacial score (nSPS) is 20.1. The fourth-order valence-corrected chi connectivity index (χ4v) is 2.15. The van der Waals surface area contributed by atoms with E-state index in [2.05, 4.69) is 6.92 Å². The molecular weight excluding hydrogens is 182 g/mol. The number of alkyl halides is 2. The molecule has 14 heavy (non-hydrogen) atoms. The van der Waals surface area contributed by atoms with Gasteiger partial charge in [-0.15, -0.1) is 0 Å². The lowest BCUT2D eigenvalue weighted by atomic mass is 10.0. The quantitative estimate of drug-likeness (QED) is 0.675. The molecule has 0 radical (unpaired) electrons. The van der Waals surface area contributed by atoms with Crippen LogP contribution in [0, 0.1) is 5.92 Å². The molecule has 1 atom stereocenters. The third-order valence-electron chi connectivity index (χ3n) is 3.08. The molecule has 0 fully saturated rings. The van der Waals surface area contributed by atoms with Gasteiger partial charge < -0.3 is 0 Å². The van der Waals surface area contributed by atoms with Gasteiger partial charge in [0.2, 0.25) is 0 Å². The predicted molar refractivity (Wildman–Crippen MR) is 52.6 cm³/mol. The van der Waals surface area contributed by atoms with Crippen molar-refractivity contribution in [1.29, 1.82) is 0 Å². The van der Waals surface area contributed by atoms with Gasteiger partial charge in [0.15, 0.2) is 0 Å². The minimum atomic E-state index is -2.33. The molecule has 0 spiro atoms. The number of fused-ring (bicyclic) bond motifs is 1. The van der Waals surface area contributed by atoms with Crippen LogP contribution >= 0.6 is 0 Å². The Bertz CT molecular complexity index is 331. The SMILES string of the molecule is CCC1Cc2ccc(C(F)F)cc2C1. The van der Waals surface area contributed by atoms with Gasteiger partial charge in [-0.1, -0.05) is 25.5 Å². The number of rotatable bonds is 2. The van der Waals surface area contributed by atoms with Crippen LogP contribution in [0.5, 0.6) is 0 Å². The Hall–Kier alpha value is -0.920. The predicted octanol–water partition coefficient (Wildman–Crippen LogP) is 3.75. The lowest BCUT2D eigenvalue weighted by Crippen LogP contribution is -1.95. The maximum Gasteiger partial charge on any atom is 0.263 e. The first-order valence-electron chi connectivity index (χ1n) is 5.10. The number of benzene rings is 1. The maximum absolute atomic E-state index is 12.4. The van der Waals surface area contributed by atoms with E-state index in [4.69, 9.17) is 0 Å². The third kappa shape index (κ3) is 1.66. The van der Waals surface area contributed by atoms with Crippen molar-refractivity contribution in [3.05, 3.63) is 34.9 Å². The number of hydrogen-bond acceptors (Lipinski definition) is 0. The Morgan fingerprint density at radius 1 is 1.29 bits per heavy atom. The molecule has 2 rings (SSSR count). The van der Waals surface area contributed by atoms with Gasteiger partial charge in [-0.2, -0.15) is 0 Å². The van der Waals surface area contributed by atoms with E-state index in [1.807, 2.05) is 6.07 Å². The van der Waals surface area contributed by atoms with E-state index in [9.17, 15) is 8.78 Å². The molecule has 0 amide bonds. The van der Waals surface area contributed by atoms with Gasteiger partial charge in [0.05, 0.1) is 0 Å². The zero-order chi connectivity index (χ0) is 10.1. The lowest BCUT2D eigenvalue weighted by molar-refractivity contribution is 0.151. The Labute approximate surface area is 82.9 Å². The van der Waals surface area contributed by atoms with Crippen molar-refractivity contribution in [3.8, 4) is 0 Å².